The smallest absolute Gasteiger partial charge is 0.266 e. The molecule has 2 aliphatic rings. The number of thioether (sulfide) groups is 1. The molecule has 0 saturated carbocycles. The van der Waals surface area contributed by atoms with E-state index in [0.29, 0.717) is 41.4 Å². The van der Waals surface area contributed by atoms with Crippen LogP contribution in [0.3, 0.4) is 0 Å². The van der Waals surface area contributed by atoms with Gasteiger partial charge in [0.2, 0.25) is 5.89 Å². The average molecular weight is 672 g/mol. The zero-order chi connectivity index (χ0) is 31.3. The fourth-order valence-corrected chi connectivity index (χ4v) is 10.4. The topological polar surface area (TPSA) is 151 Å². The van der Waals surface area contributed by atoms with Crippen molar-refractivity contribution in [1.82, 2.24) is 9.88 Å². The minimum atomic E-state index is -4.94. The summed E-state index contributed by atoms with van der Waals surface area (Å²) in [4.78, 5) is 22.3. The lowest BCUT2D eigenvalue weighted by Gasteiger charge is -2.30. The van der Waals surface area contributed by atoms with Gasteiger partial charge < -0.3 is 14.1 Å². The highest BCUT2D eigenvalue weighted by molar-refractivity contribution is 8.26. The van der Waals surface area contributed by atoms with E-state index in [1.54, 1.807) is 13.1 Å². The molecule has 0 radical (unpaired) electrons. The second-order valence-corrected chi connectivity index (χ2v) is 15.3. The minimum absolute atomic E-state index is 0.145. The Kier molecular flexibility index (Phi) is 10.2. The van der Waals surface area contributed by atoms with Crippen LogP contribution in [0.2, 0.25) is 0 Å². The number of oxazole rings is 1. The van der Waals surface area contributed by atoms with Crippen LogP contribution in [0, 0.1) is 10.2 Å². The molecule has 0 N–H and O–H groups in total. The van der Waals surface area contributed by atoms with Crippen LogP contribution < -0.4 is 44.9 Å². The number of hydrogen-bond donors (Lipinski definition) is 0. The number of ether oxygens (including phenoxy) is 1. The third-order valence-corrected chi connectivity index (χ3v) is 12.5. The molecule has 1 amide bonds. The van der Waals surface area contributed by atoms with Gasteiger partial charge in [0.05, 0.1) is 18.1 Å². The number of morpholine rings is 1. The van der Waals surface area contributed by atoms with Gasteiger partial charge >= 0.3 is 0 Å². The zero-order valence-electron chi connectivity index (χ0n) is 23.4. The standard InChI is InChI=1S/C30H27N3O3PS2.ClHO4/c1-32-28(34)25(39-30(32)38)21-26-31-27(29(36-26)33-17-19-35-20-18-33)37(22-11-5-2-6-12-22,23-13-7-3-8-14-23)24-15-9-4-10-16-24;2-1(3,4)5/h2-16,21H,17-20H2,1H3;(H,2,3,4,5)/q+1;/p-1. The summed E-state index contributed by atoms with van der Waals surface area (Å²) in [6.07, 6.45) is 1.73. The van der Waals surface area contributed by atoms with E-state index in [1.807, 2.05) is 18.2 Å². The van der Waals surface area contributed by atoms with Crippen molar-refractivity contribution < 1.29 is 42.8 Å². The van der Waals surface area contributed by atoms with E-state index in [2.05, 4.69) is 77.7 Å². The molecule has 44 heavy (non-hydrogen) atoms. The summed E-state index contributed by atoms with van der Waals surface area (Å²) in [5.74, 6) is 0.974. The van der Waals surface area contributed by atoms with Gasteiger partial charge in [-0.05, 0) is 36.4 Å². The van der Waals surface area contributed by atoms with Gasteiger partial charge in [0, 0.05) is 26.2 Å². The van der Waals surface area contributed by atoms with Gasteiger partial charge in [-0.3, -0.25) is 9.69 Å². The molecular weight excluding hydrogens is 645 g/mol. The number of likely N-dealkylation sites (N-methyl/N-ethyl adjacent to an activating group) is 1. The number of amides is 1. The van der Waals surface area contributed by atoms with Crippen molar-refractivity contribution in [2.45, 2.75) is 0 Å². The van der Waals surface area contributed by atoms with Crippen molar-refractivity contribution in [3.63, 3.8) is 0 Å². The van der Waals surface area contributed by atoms with E-state index in [1.165, 1.54) is 32.6 Å². The number of halogens is 1. The van der Waals surface area contributed by atoms with Gasteiger partial charge in [-0.1, -0.05) is 78.6 Å². The molecule has 228 valence electrons. The van der Waals surface area contributed by atoms with Crippen LogP contribution >= 0.6 is 31.2 Å². The highest BCUT2D eigenvalue weighted by Crippen LogP contribution is 2.56. The third-order valence-electron chi connectivity index (χ3n) is 6.90. The second-order valence-electron chi connectivity index (χ2n) is 9.58. The molecule has 0 bridgehead atoms. The van der Waals surface area contributed by atoms with Crippen LogP contribution in [-0.4, -0.2) is 53.5 Å². The maximum atomic E-state index is 12.8. The van der Waals surface area contributed by atoms with E-state index in [9.17, 15) is 4.79 Å². The highest BCUT2D eigenvalue weighted by atomic mass is 35.7. The van der Waals surface area contributed by atoms with Gasteiger partial charge in [-0.2, -0.15) is 4.98 Å². The summed E-state index contributed by atoms with van der Waals surface area (Å²) in [7, 11) is -5.77. The molecule has 0 unspecified atom stereocenters. The van der Waals surface area contributed by atoms with Crippen molar-refractivity contribution >= 4 is 74.8 Å². The van der Waals surface area contributed by atoms with E-state index in [4.69, 9.17) is 45.0 Å². The van der Waals surface area contributed by atoms with Crippen LogP contribution in [-0.2, 0) is 9.53 Å². The maximum Gasteiger partial charge on any atom is 0.266 e. The number of aromatic nitrogens is 1. The number of carbonyl (C=O) groups excluding carboxylic acids is 1. The largest absolute Gasteiger partial charge is 0.417 e. The van der Waals surface area contributed by atoms with Gasteiger partial charge in [-0.15, -0.1) is 10.2 Å². The van der Waals surface area contributed by atoms with Crippen LogP contribution in [0.15, 0.2) is 100 Å². The normalized spacial score (nSPS) is 16.7. The molecule has 2 aliphatic heterocycles. The highest BCUT2D eigenvalue weighted by Gasteiger charge is 2.53. The lowest BCUT2D eigenvalue weighted by Crippen LogP contribution is -2.68. The number of hydrogen-bond acceptors (Lipinski definition) is 11. The zero-order valence-corrected chi connectivity index (χ0v) is 26.7. The molecule has 3 heterocycles. The first-order valence-electron chi connectivity index (χ1n) is 13.3. The van der Waals surface area contributed by atoms with Gasteiger partial charge in [-0.25, -0.2) is 18.6 Å². The lowest BCUT2D eigenvalue weighted by molar-refractivity contribution is -2.00. The summed E-state index contributed by atoms with van der Waals surface area (Å²) in [6, 6.07) is 31.7. The average Bonchev–Trinajstić information content (AvgIpc) is 3.55. The fraction of sp³-hybridized carbons (Fsp3) is 0.167. The number of anilines is 1. The Labute approximate surface area is 266 Å². The molecule has 0 spiro atoms. The molecule has 0 aliphatic carbocycles. The maximum absolute atomic E-state index is 12.8. The summed E-state index contributed by atoms with van der Waals surface area (Å²) in [5.41, 5.74) is 0.881. The molecule has 2 saturated heterocycles. The van der Waals surface area contributed by atoms with Crippen molar-refractivity contribution in [3.8, 4) is 0 Å². The monoisotopic (exact) mass is 671 g/mol. The number of nitrogens with zero attached hydrogens (tertiary/aromatic N) is 3. The van der Waals surface area contributed by atoms with Crippen LogP contribution in [0.1, 0.15) is 5.89 Å². The van der Waals surface area contributed by atoms with Gasteiger partial charge in [0.25, 0.3) is 17.2 Å². The second kappa shape index (κ2) is 13.9. The summed E-state index contributed by atoms with van der Waals surface area (Å²) in [5, 5.41) is 3.53. The first-order valence-corrected chi connectivity index (χ1v) is 17.6. The summed E-state index contributed by atoms with van der Waals surface area (Å²) < 4.78 is 46.8. The summed E-state index contributed by atoms with van der Waals surface area (Å²) >= 11 is 6.62. The molecule has 0 atom stereocenters. The number of carbonyl (C=O) groups is 1. The molecular formula is C30H27ClN3O7PS2. The third kappa shape index (κ3) is 7.05. The van der Waals surface area contributed by atoms with Crippen molar-refractivity contribution in [2.75, 3.05) is 38.3 Å². The van der Waals surface area contributed by atoms with Gasteiger partial charge in [0.1, 0.15) is 20.2 Å². The van der Waals surface area contributed by atoms with E-state index in [-0.39, 0.29) is 5.91 Å². The van der Waals surface area contributed by atoms with Crippen LogP contribution in [0.25, 0.3) is 6.08 Å². The molecule has 2 fully saturated rings. The Hall–Kier alpha value is -3.16. The first-order chi connectivity index (χ1) is 21.1. The molecule has 14 heteroatoms. The Morgan fingerprint density at radius 3 is 1.73 bits per heavy atom. The molecule has 4 aromatic rings. The lowest BCUT2D eigenvalue weighted by atomic mass is 10.4. The quantitative estimate of drug-likeness (QED) is 0.144. The molecule has 6 rings (SSSR count). The van der Waals surface area contributed by atoms with Crippen LogP contribution in [0.4, 0.5) is 5.88 Å². The number of benzene rings is 3. The van der Waals surface area contributed by atoms with E-state index >= 15 is 0 Å². The fourth-order valence-electron chi connectivity index (χ4n) is 5.00. The summed E-state index contributed by atoms with van der Waals surface area (Å²) in [6.45, 7) is 2.60. The van der Waals surface area contributed by atoms with Crippen molar-refractivity contribution in [3.05, 3.63) is 102 Å². The van der Waals surface area contributed by atoms with Crippen LogP contribution in [0.5, 0.6) is 0 Å². The Morgan fingerprint density at radius 2 is 1.32 bits per heavy atom. The first kappa shape index (κ1) is 32.2. The van der Waals surface area contributed by atoms with E-state index < -0.39 is 17.5 Å². The SMILES string of the molecule is CN1C(=O)C(=Cc2nc([P+](c3ccccc3)(c3ccccc3)c3ccccc3)c(N3CCOCC3)o2)SC1=S.[O-][Cl+3]([O-])([O-])[O-]. The van der Waals surface area contributed by atoms with E-state index in [0.717, 1.165) is 11.3 Å². The predicted molar refractivity (Wildman–Crippen MR) is 165 cm³/mol. The number of rotatable bonds is 6. The minimum Gasteiger partial charge on any atom is -0.417 e. The predicted octanol–water partition coefficient (Wildman–Crippen LogP) is -0.794. The Balaban J connectivity index is 0.000000712. The van der Waals surface area contributed by atoms with Crippen molar-refractivity contribution in [1.29, 1.82) is 0 Å². The van der Waals surface area contributed by atoms with Gasteiger partial charge in [0.15, 0.2) is 7.26 Å². The molecule has 10 nitrogen and oxygen atoms in total. The number of thiocarbonyl (C=S) groups is 1. The Bertz CT molecular complexity index is 1530. The molecule has 3 aromatic carbocycles. The molecule has 1 aromatic heterocycles. The van der Waals surface area contributed by atoms with Crippen molar-refractivity contribution in [2.24, 2.45) is 0 Å². The Morgan fingerprint density at radius 1 is 0.864 bits per heavy atom.